The normalized spacial score (nSPS) is 14.1. The quantitative estimate of drug-likeness (QED) is 0.777. The molecule has 1 aliphatic rings. The highest BCUT2D eigenvalue weighted by molar-refractivity contribution is 5.83. The molecule has 0 bridgehead atoms. The second kappa shape index (κ2) is 4.81. The van der Waals surface area contributed by atoms with Gasteiger partial charge < -0.3 is 15.2 Å². The van der Waals surface area contributed by atoms with E-state index in [1.807, 2.05) is 18.2 Å². The Morgan fingerprint density at radius 1 is 1.19 bits per heavy atom. The van der Waals surface area contributed by atoms with E-state index in [0.717, 1.165) is 11.8 Å². The topological polar surface area (TPSA) is 61.6 Å². The van der Waals surface area contributed by atoms with Crippen LogP contribution in [-0.4, -0.2) is 26.0 Å². The van der Waals surface area contributed by atoms with Crippen molar-refractivity contribution in [2.24, 2.45) is 5.73 Å². The maximum absolute atomic E-state index is 10.8. The maximum Gasteiger partial charge on any atom is 0.172 e. The lowest BCUT2D eigenvalue weighted by Gasteiger charge is -2.21. The molecule has 0 spiro atoms. The van der Waals surface area contributed by atoms with Crippen molar-refractivity contribution in [1.29, 1.82) is 0 Å². The molecule has 1 aliphatic heterocycles. The first-order valence-corrected chi connectivity index (χ1v) is 5.11. The minimum atomic E-state index is 0.463. The van der Waals surface area contributed by atoms with Crippen molar-refractivity contribution in [3.8, 4) is 11.5 Å². The molecule has 0 aliphatic carbocycles. The molecule has 1 aromatic rings. The lowest BCUT2D eigenvalue weighted by Crippen LogP contribution is -2.17. The zero-order chi connectivity index (χ0) is 11.4. The zero-order valence-electron chi connectivity index (χ0n) is 8.81. The van der Waals surface area contributed by atoms with Crippen LogP contribution < -0.4 is 15.2 Å². The van der Waals surface area contributed by atoms with Crippen LogP contribution in [0.2, 0.25) is 0 Å². The number of carbonyl (C=O) groups excluding carboxylic acids is 1. The van der Waals surface area contributed by atoms with Gasteiger partial charge in [0.15, 0.2) is 17.8 Å². The van der Waals surface area contributed by atoms with Gasteiger partial charge in [-0.2, -0.15) is 0 Å². The minimum absolute atomic E-state index is 0.463. The third-order valence-electron chi connectivity index (χ3n) is 2.31. The Bertz CT molecular complexity index is 427. The summed E-state index contributed by atoms with van der Waals surface area (Å²) >= 11 is 0. The van der Waals surface area contributed by atoms with Gasteiger partial charge in [0.2, 0.25) is 0 Å². The van der Waals surface area contributed by atoms with Gasteiger partial charge in [0.1, 0.15) is 13.2 Å². The number of fused-ring (bicyclic) bond motifs is 1. The Morgan fingerprint density at radius 3 is 2.44 bits per heavy atom. The van der Waals surface area contributed by atoms with E-state index in [2.05, 4.69) is 0 Å². The second-order valence-electron chi connectivity index (χ2n) is 3.36. The van der Waals surface area contributed by atoms with Crippen LogP contribution in [-0.2, 0) is 0 Å². The smallest absolute Gasteiger partial charge is 0.172 e. The van der Waals surface area contributed by atoms with E-state index in [0.29, 0.717) is 36.8 Å². The maximum atomic E-state index is 10.8. The van der Waals surface area contributed by atoms with Gasteiger partial charge in [-0.05, 0) is 6.07 Å². The van der Waals surface area contributed by atoms with E-state index in [9.17, 15) is 4.79 Å². The van der Waals surface area contributed by atoms with Gasteiger partial charge in [-0.15, -0.1) is 0 Å². The van der Waals surface area contributed by atoms with E-state index in [1.165, 1.54) is 0 Å². The fourth-order valence-electron chi connectivity index (χ4n) is 1.60. The summed E-state index contributed by atoms with van der Waals surface area (Å²) in [6.45, 7) is 1.43. The van der Waals surface area contributed by atoms with Gasteiger partial charge in [0.05, 0.1) is 5.56 Å². The van der Waals surface area contributed by atoms with E-state index < -0.39 is 0 Å². The molecule has 0 amide bonds. The predicted octanol–water partition coefficient (Wildman–Crippen LogP) is 1.24. The molecule has 16 heavy (non-hydrogen) atoms. The summed E-state index contributed by atoms with van der Waals surface area (Å²) < 4.78 is 11.0. The molecule has 0 aromatic heterocycles. The molecule has 0 saturated carbocycles. The molecule has 2 rings (SSSR count). The number of benzene rings is 1. The van der Waals surface area contributed by atoms with E-state index in [-0.39, 0.29) is 0 Å². The van der Waals surface area contributed by atoms with Crippen molar-refractivity contribution < 1.29 is 14.3 Å². The number of rotatable bonds is 3. The highest BCUT2D eigenvalue weighted by Gasteiger charge is 2.18. The zero-order valence-corrected chi connectivity index (χ0v) is 8.81. The molecule has 0 unspecified atom stereocenters. The SMILES string of the molecule is NC/C=C/c1ccc(C=O)c2c1OCCO2. The monoisotopic (exact) mass is 219 g/mol. The van der Waals surface area contributed by atoms with Gasteiger partial charge in [-0.3, -0.25) is 4.79 Å². The first kappa shape index (κ1) is 10.7. The summed E-state index contributed by atoms with van der Waals surface area (Å²) in [5.74, 6) is 1.15. The molecule has 0 saturated heterocycles. The summed E-state index contributed by atoms with van der Waals surface area (Å²) in [6, 6.07) is 3.54. The van der Waals surface area contributed by atoms with E-state index in [1.54, 1.807) is 6.07 Å². The lowest BCUT2D eigenvalue weighted by atomic mass is 10.1. The molecule has 1 aromatic carbocycles. The van der Waals surface area contributed by atoms with Crippen LogP contribution in [0.15, 0.2) is 18.2 Å². The van der Waals surface area contributed by atoms with Crippen LogP contribution in [0.1, 0.15) is 15.9 Å². The molecule has 84 valence electrons. The van der Waals surface area contributed by atoms with Gasteiger partial charge in [-0.1, -0.05) is 18.2 Å². The molecule has 0 atom stereocenters. The molecule has 0 radical (unpaired) electrons. The fraction of sp³-hybridized carbons (Fsp3) is 0.250. The summed E-state index contributed by atoms with van der Waals surface area (Å²) in [4.78, 5) is 10.8. The van der Waals surface area contributed by atoms with Gasteiger partial charge in [0.25, 0.3) is 0 Å². The Kier molecular flexibility index (Phi) is 3.22. The van der Waals surface area contributed by atoms with Crippen LogP contribution in [0, 0.1) is 0 Å². The summed E-state index contributed by atoms with van der Waals surface area (Å²) in [7, 11) is 0. The van der Waals surface area contributed by atoms with Gasteiger partial charge >= 0.3 is 0 Å². The average molecular weight is 219 g/mol. The van der Waals surface area contributed by atoms with Crippen LogP contribution in [0.25, 0.3) is 6.08 Å². The lowest BCUT2D eigenvalue weighted by molar-refractivity contribution is 0.111. The minimum Gasteiger partial charge on any atom is -0.485 e. The Labute approximate surface area is 93.7 Å². The third-order valence-corrected chi connectivity index (χ3v) is 2.31. The van der Waals surface area contributed by atoms with Crippen molar-refractivity contribution >= 4 is 12.4 Å². The van der Waals surface area contributed by atoms with E-state index >= 15 is 0 Å². The largest absolute Gasteiger partial charge is 0.485 e. The first-order chi connectivity index (χ1) is 7.86. The number of hydrogen-bond donors (Lipinski definition) is 1. The Balaban J connectivity index is 2.48. The van der Waals surface area contributed by atoms with Crippen molar-refractivity contribution in [1.82, 2.24) is 0 Å². The molecular formula is C12H13NO3. The summed E-state index contributed by atoms with van der Waals surface area (Å²) in [5, 5.41) is 0. The molecular weight excluding hydrogens is 206 g/mol. The number of nitrogens with two attached hydrogens (primary N) is 1. The van der Waals surface area contributed by atoms with Crippen LogP contribution in [0.3, 0.4) is 0 Å². The number of aldehydes is 1. The van der Waals surface area contributed by atoms with Crippen molar-refractivity contribution in [3.05, 3.63) is 29.3 Å². The van der Waals surface area contributed by atoms with Gasteiger partial charge in [-0.25, -0.2) is 0 Å². The van der Waals surface area contributed by atoms with Crippen molar-refractivity contribution in [2.45, 2.75) is 0 Å². The predicted molar refractivity (Wildman–Crippen MR) is 60.9 cm³/mol. The van der Waals surface area contributed by atoms with Crippen LogP contribution in [0.4, 0.5) is 0 Å². The Hall–Kier alpha value is -1.81. The van der Waals surface area contributed by atoms with Crippen molar-refractivity contribution in [2.75, 3.05) is 19.8 Å². The molecule has 0 fully saturated rings. The second-order valence-corrected chi connectivity index (χ2v) is 3.36. The van der Waals surface area contributed by atoms with Crippen LogP contribution >= 0.6 is 0 Å². The highest BCUT2D eigenvalue weighted by atomic mass is 16.6. The number of hydrogen-bond acceptors (Lipinski definition) is 4. The third kappa shape index (κ3) is 1.92. The molecule has 2 N–H and O–H groups in total. The summed E-state index contributed by atoms with van der Waals surface area (Å²) in [6.07, 6.45) is 4.46. The standard InChI is InChI=1S/C12H13NO3/c13-5-1-2-9-3-4-10(8-14)12-11(9)15-6-7-16-12/h1-4,8H,5-7,13H2/b2-1+. The fourth-order valence-corrected chi connectivity index (χ4v) is 1.60. The molecule has 4 nitrogen and oxygen atoms in total. The highest BCUT2D eigenvalue weighted by Crippen LogP contribution is 2.37. The van der Waals surface area contributed by atoms with Gasteiger partial charge in [0, 0.05) is 12.1 Å². The number of carbonyl (C=O) groups is 1. The first-order valence-electron chi connectivity index (χ1n) is 5.11. The molecule has 4 heteroatoms. The van der Waals surface area contributed by atoms with Crippen molar-refractivity contribution in [3.63, 3.8) is 0 Å². The van der Waals surface area contributed by atoms with Crippen LogP contribution in [0.5, 0.6) is 11.5 Å². The van der Waals surface area contributed by atoms with E-state index in [4.69, 9.17) is 15.2 Å². The average Bonchev–Trinajstić information content (AvgIpc) is 2.36. The molecule has 1 heterocycles. The number of ether oxygens (including phenoxy) is 2. The Morgan fingerprint density at radius 2 is 1.81 bits per heavy atom. The summed E-state index contributed by atoms with van der Waals surface area (Å²) in [5.41, 5.74) is 6.79.